The molecule has 0 saturated carbocycles. The van der Waals surface area contributed by atoms with Crippen LogP contribution in [-0.2, 0) is 6.54 Å². The van der Waals surface area contributed by atoms with E-state index in [2.05, 4.69) is 34.4 Å². The molecule has 19 heavy (non-hydrogen) atoms. The molecule has 1 aromatic heterocycles. The molecular weight excluding hydrogens is 256 g/mol. The minimum Gasteiger partial charge on any atom is -0.359 e. The van der Waals surface area contributed by atoms with Crippen molar-refractivity contribution in [3.63, 3.8) is 0 Å². The summed E-state index contributed by atoms with van der Waals surface area (Å²) < 4.78 is 1.88. The van der Waals surface area contributed by atoms with Gasteiger partial charge in [-0.2, -0.15) is 5.10 Å². The molecule has 2 N–H and O–H groups in total. The largest absolute Gasteiger partial charge is 0.359 e. The molecule has 1 heterocycles. The Bertz CT molecular complexity index is 548. The lowest BCUT2D eigenvalue weighted by molar-refractivity contribution is 0.687. The molecule has 0 amide bonds. The maximum absolute atomic E-state index is 5.17. The molecule has 4 nitrogen and oxygen atoms in total. The van der Waals surface area contributed by atoms with Crippen LogP contribution in [0, 0.1) is 0 Å². The van der Waals surface area contributed by atoms with Crippen molar-refractivity contribution in [3.05, 3.63) is 60.9 Å². The topological polar surface area (TPSA) is 41.9 Å². The fraction of sp³-hybridized carbons (Fsp3) is 0.143. The lowest BCUT2D eigenvalue weighted by atomic mass is 10.2. The number of aromatic nitrogens is 2. The van der Waals surface area contributed by atoms with Gasteiger partial charge in [0.25, 0.3) is 0 Å². The van der Waals surface area contributed by atoms with Gasteiger partial charge in [-0.3, -0.25) is 4.68 Å². The Kier molecular flexibility index (Phi) is 4.69. The molecule has 0 spiro atoms. The van der Waals surface area contributed by atoms with Crippen LogP contribution >= 0.6 is 12.2 Å². The van der Waals surface area contributed by atoms with Gasteiger partial charge in [-0.25, -0.2) is 0 Å². The van der Waals surface area contributed by atoms with Crippen molar-refractivity contribution in [2.75, 3.05) is 11.9 Å². The van der Waals surface area contributed by atoms with Gasteiger partial charge in [-0.05, 0) is 36.0 Å². The minimum absolute atomic E-state index is 0.594. The second kappa shape index (κ2) is 6.70. The zero-order valence-electron chi connectivity index (χ0n) is 10.5. The summed E-state index contributed by atoms with van der Waals surface area (Å²) in [4.78, 5) is 0. The first kappa shape index (κ1) is 13.3. The van der Waals surface area contributed by atoms with Crippen LogP contribution in [-0.4, -0.2) is 21.4 Å². The number of nitrogens with zero attached hydrogens (tertiary/aromatic N) is 2. The summed E-state index contributed by atoms with van der Waals surface area (Å²) in [5, 5.41) is 11.0. The van der Waals surface area contributed by atoms with E-state index in [1.54, 1.807) is 12.3 Å². The highest BCUT2D eigenvalue weighted by atomic mass is 32.1. The summed E-state index contributed by atoms with van der Waals surface area (Å²) in [6.07, 6.45) is 5.48. The van der Waals surface area contributed by atoms with Crippen molar-refractivity contribution < 1.29 is 0 Å². The SMILES string of the molecule is C=CCNC(=S)Nc1cccc(Cn2cccn2)c1. The van der Waals surface area contributed by atoms with Crippen molar-refractivity contribution in [2.45, 2.75) is 6.54 Å². The average molecular weight is 272 g/mol. The van der Waals surface area contributed by atoms with Gasteiger partial charge in [0.1, 0.15) is 0 Å². The van der Waals surface area contributed by atoms with Crippen LogP contribution in [0.3, 0.4) is 0 Å². The van der Waals surface area contributed by atoms with Gasteiger partial charge in [0.15, 0.2) is 5.11 Å². The van der Waals surface area contributed by atoms with E-state index in [9.17, 15) is 0 Å². The first-order chi connectivity index (χ1) is 9.28. The molecule has 98 valence electrons. The highest BCUT2D eigenvalue weighted by Crippen LogP contribution is 2.11. The molecule has 0 aliphatic rings. The molecule has 2 rings (SSSR count). The molecule has 0 radical (unpaired) electrons. The molecular formula is C14H16N4S. The van der Waals surface area contributed by atoms with Gasteiger partial charge in [-0.1, -0.05) is 18.2 Å². The van der Waals surface area contributed by atoms with Crippen molar-refractivity contribution in [1.29, 1.82) is 0 Å². The Labute approximate surface area is 118 Å². The molecule has 0 atom stereocenters. The summed E-state index contributed by atoms with van der Waals surface area (Å²) in [6, 6.07) is 10.0. The zero-order valence-corrected chi connectivity index (χ0v) is 11.4. The summed E-state index contributed by atoms with van der Waals surface area (Å²) in [5.74, 6) is 0. The molecule has 5 heteroatoms. The smallest absolute Gasteiger partial charge is 0.171 e. The predicted octanol–water partition coefficient (Wildman–Crippen LogP) is 2.40. The molecule has 0 bridgehead atoms. The predicted molar refractivity (Wildman–Crippen MR) is 82.2 cm³/mol. The van der Waals surface area contributed by atoms with E-state index in [0.717, 1.165) is 12.2 Å². The molecule has 0 saturated heterocycles. The Morgan fingerprint density at radius 2 is 2.32 bits per heavy atom. The first-order valence-electron chi connectivity index (χ1n) is 6.00. The minimum atomic E-state index is 0.594. The van der Waals surface area contributed by atoms with Gasteiger partial charge in [0.05, 0.1) is 6.54 Å². The maximum atomic E-state index is 5.17. The molecule has 0 unspecified atom stereocenters. The Morgan fingerprint density at radius 3 is 3.05 bits per heavy atom. The van der Waals surface area contributed by atoms with Crippen LogP contribution in [0.2, 0.25) is 0 Å². The van der Waals surface area contributed by atoms with Crippen LogP contribution in [0.15, 0.2) is 55.4 Å². The number of benzene rings is 1. The highest BCUT2D eigenvalue weighted by Gasteiger charge is 1.99. The van der Waals surface area contributed by atoms with Crippen LogP contribution in [0.4, 0.5) is 5.69 Å². The summed E-state index contributed by atoms with van der Waals surface area (Å²) >= 11 is 5.17. The van der Waals surface area contributed by atoms with Crippen LogP contribution in [0.25, 0.3) is 0 Å². The van der Waals surface area contributed by atoms with E-state index in [4.69, 9.17) is 12.2 Å². The molecule has 0 aliphatic carbocycles. The van der Waals surface area contributed by atoms with Crippen LogP contribution in [0.5, 0.6) is 0 Å². The number of hydrogen-bond acceptors (Lipinski definition) is 2. The number of nitrogens with one attached hydrogen (secondary N) is 2. The van der Waals surface area contributed by atoms with E-state index >= 15 is 0 Å². The van der Waals surface area contributed by atoms with Gasteiger partial charge in [0.2, 0.25) is 0 Å². The lowest BCUT2D eigenvalue weighted by Gasteiger charge is -2.10. The van der Waals surface area contributed by atoms with Crippen molar-refractivity contribution in [2.24, 2.45) is 0 Å². The fourth-order valence-corrected chi connectivity index (χ4v) is 1.87. The quantitative estimate of drug-likeness (QED) is 0.648. The fourth-order valence-electron chi connectivity index (χ4n) is 1.67. The van der Waals surface area contributed by atoms with Crippen molar-refractivity contribution in [3.8, 4) is 0 Å². The third-order valence-electron chi connectivity index (χ3n) is 2.50. The second-order valence-electron chi connectivity index (χ2n) is 4.03. The summed E-state index contributed by atoms with van der Waals surface area (Å²) in [7, 11) is 0. The summed E-state index contributed by atoms with van der Waals surface area (Å²) in [5.41, 5.74) is 2.13. The van der Waals surface area contributed by atoms with Crippen LogP contribution < -0.4 is 10.6 Å². The number of thiocarbonyl (C=S) groups is 1. The highest BCUT2D eigenvalue weighted by molar-refractivity contribution is 7.80. The van der Waals surface area contributed by atoms with E-state index in [1.807, 2.05) is 29.1 Å². The van der Waals surface area contributed by atoms with E-state index in [-0.39, 0.29) is 0 Å². The third kappa shape index (κ3) is 4.22. The van der Waals surface area contributed by atoms with Crippen molar-refractivity contribution >= 4 is 23.0 Å². The van der Waals surface area contributed by atoms with E-state index in [1.165, 1.54) is 5.56 Å². The lowest BCUT2D eigenvalue weighted by Crippen LogP contribution is -2.28. The van der Waals surface area contributed by atoms with Gasteiger partial charge in [0, 0.05) is 24.6 Å². The number of rotatable bonds is 5. The average Bonchev–Trinajstić information content (AvgIpc) is 2.89. The monoisotopic (exact) mass is 272 g/mol. The maximum Gasteiger partial charge on any atom is 0.171 e. The Morgan fingerprint density at radius 1 is 1.42 bits per heavy atom. The van der Waals surface area contributed by atoms with Gasteiger partial charge in [-0.15, -0.1) is 6.58 Å². The molecule has 0 aliphatic heterocycles. The zero-order chi connectivity index (χ0) is 13.5. The Balaban J connectivity index is 1.98. The summed E-state index contributed by atoms with van der Waals surface area (Å²) in [6.45, 7) is 5.03. The molecule has 2 aromatic rings. The van der Waals surface area contributed by atoms with Crippen LogP contribution in [0.1, 0.15) is 5.56 Å². The number of anilines is 1. The Hall–Kier alpha value is -2.14. The van der Waals surface area contributed by atoms with Gasteiger partial charge < -0.3 is 10.6 Å². The molecule has 1 aromatic carbocycles. The number of hydrogen-bond donors (Lipinski definition) is 2. The normalized spacial score (nSPS) is 9.89. The van der Waals surface area contributed by atoms with E-state index in [0.29, 0.717) is 11.7 Å². The van der Waals surface area contributed by atoms with E-state index < -0.39 is 0 Å². The standard InChI is InChI=1S/C14H16N4S/c1-2-7-15-14(19)17-13-6-3-5-12(10-13)11-18-9-4-8-16-18/h2-6,8-10H,1,7,11H2,(H2,15,17,19). The third-order valence-corrected chi connectivity index (χ3v) is 2.74. The van der Waals surface area contributed by atoms with Gasteiger partial charge >= 0.3 is 0 Å². The second-order valence-corrected chi connectivity index (χ2v) is 4.44. The molecule has 0 fully saturated rings. The first-order valence-corrected chi connectivity index (χ1v) is 6.41. The van der Waals surface area contributed by atoms with Crippen molar-refractivity contribution in [1.82, 2.24) is 15.1 Å².